The van der Waals surface area contributed by atoms with Crippen molar-refractivity contribution < 1.29 is 29.0 Å². The molecule has 4 saturated heterocycles. The van der Waals surface area contributed by atoms with Crippen molar-refractivity contribution in [2.75, 3.05) is 135 Å². The summed E-state index contributed by atoms with van der Waals surface area (Å²) in [6, 6.07) is 11.0. The first-order valence-electron chi connectivity index (χ1n) is 27.1. The molecule has 0 spiro atoms. The molecule has 79 heavy (non-hydrogen) atoms. The number of thiophene rings is 1. The lowest BCUT2D eigenvalue weighted by molar-refractivity contribution is -0.135. The number of aliphatic carboxylic acids is 1. The van der Waals surface area contributed by atoms with Crippen LogP contribution >= 0.6 is 48.2 Å². The van der Waals surface area contributed by atoms with Gasteiger partial charge in [-0.3, -0.25) is 29.0 Å². The van der Waals surface area contributed by atoms with Gasteiger partial charge in [0.2, 0.25) is 11.8 Å². The van der Waals surface area contributed by atoms with Gasteiger partial charge in [-0.2, -0.15) is 13.5 Å². The Hall–Kier alpha value is -5.26. The fraction of sp³-hybridized carbons (Fsp3) is 0.545. The Morgan fingerprint density at radius 1 is 0.937 bits per heavy atom. The smallest absolute Gasteiger partial charge is 0.313 e. The molecule has 0 radical (unpaired) electrons. The van der Waals surface area contributed by atoms with Crippen LogP contribution in [0.3, 0.4) is 0 Å². The molecule has 5 N–H and O–H groups in total. The van der Waals surface area contributed by atoms with Gasteiger partial charge in [-0.1, -0.05) is 68.1 Å². The number of piperazine rings is 2. The summed E-state index contributed by atoms with van der Waals surface area (Å²) in [5.74, 6) is 6.99. The molecule has 0 saturated carbocycles. The highest BCUT2D eigenvalue weighted by Crippen LogP contribution is 2.32. The van der Waals surface area contributed by atoms with E-state index in [1.807, 2.05) is 49.2 Å². The first kappa shape index (κ1) is 62.9. The monoisotopic (exact) mass is 1160 g/mol. The number of ether oxygens (including phenoxy) is 1. The maximum atomic E-state index is 12.8. The Morgan fingerprint density at radius 3 is 2.33 bits per heavy atom. The molecular weight excluding hydrogens is 1080 g/mol. The molecule has 4 aliphatic rings. The number of carboxylic acids is 1. The summed E-state index contributed by atoms with van der Waals surface area (Å²) >= 11 is 8.45. The maximum Gasteiger partial charge on any atom is 0.313 e. The van der Waals surface area contributed by atoms with Crippen LogP contribution < -0.4 is 16.0 Å². The second-order valence-corrected chi connectivity index (χ2v) is 22.0. The number of aliphatic imine (C=N–C) groups is 1. The number of carbonyl (C=O) groups is 4. The number of aromatic amines is 1. The number of carboxylic acid groups (broad SMARTS) is 1. The number of aromatic nitrogens is 5. The molecule has 4 fully saturated rings. The minimum atomic E-state index is -0.955. The summed E-state index contributed by atoms with van der Waals surface area (Å²) in [5, 5.41) is 14.8. The lowest BCUT2D eigenvalue weighted by Crippen LogP contribution is -2.55. The number of nitrogens with one attached hydrogen (secondary N) is 2. The molecule has 5 aromatic rings. The number of carbonyl (C=O) groups excluding carboxylic acids is 3. The van der Waals surface area contributed by atoms with E-state index in [-0.39, 0.29) is 44.2 Å². The zero-order valence-corrected chi connectivity index (χ0v) is 49.3. The van der Waals surface area contributed by atoms with E-state index in [9.17, 15) is 19.2 Å². The molecule has 4 aliphatic heterocycles. The third-order valence-electron chi connectivity index (χ3n) is 14.3. The summed E-state index contributed by atoms with van der Waals surface area (Å²) in [5.41, 5.74) is 7.03. The third-order valence-corrected chi connectivity index (χ3v) is 16.5. The van der Waals surface area contributed by atoms with E-state index < -0.39 is 11.5 Å². The van der Waals surface area contributed by atoms with Crippen LogP contribution in [0.25, 0.3) is 21.3 Å². The summed E-state index contributed by atoms with van der Waals surface area (Å²) in [4.78, 5) is 88.6. The van der Waals surface area contributed by atoms with Gasteiger partial charge in [0.05, 0.1) is 35.7 Å². The number of rotatable bonds is 17. The van der Waals surface area contributed by atoms with Gasteiger partial charge in [-0.05, 0) is 88.0 Å². The van der Waals surface area contributed by atoms with E-state index in [1.54, 1.807) is 25.4 Å². The number of amides is 3. The predicted octanol–water partition coefficient (Wildman–Crippen LogP) is 4.85. The number of aryl methyl sites for hydroxylation is 1. The van der Waals surface area contributed by atoms with Crippen molar-refractivity contribution in [1.82, 2.24) is 54.7 Å². The number of hydrogen-bond donors (Lipinski definition) is 4. The molecule has 8 heterocycles. The van der Waals surface area contributed by atoms with Crippen LogP contribution in [-0.2, 0) is 23.9 Å². The van der Waals surface area contributed by atoms with E-state index in [0.29, 0.717) is 66.8 Å². The van der Waals surface area contributed by atoms with Crippen molar-refractivity contribution in [3.8, 4) is 11.8 Å². The molecule has 0 unspecified atom stereocenters. The van der Waals surface area contributed by atoms with Crippen molar-refractivity contribution in [1.29, 1.82) is 0 Å². The molecule has 1 aromatic carbocycles. The van der Waals surface area contributed by atoms with Gasteiger partial charge in [0.15, 0.2) is 0 Å². The number of nitrogens with zero attached hydrogens (tertiary/aromatic N) is 11. The number of halogens is 1. The van der Waals surface area contributed by atoms with Crippen LogP contribution in [0.2, 0.25) is 5.02 Å². The van der Waals surface area contributed by atoms with E-state index in [2.05, 4.69) is 78.5 Å². The fourth-order valence-electron chi connectivity index (χ4n) is 9.73. The number of likely N-dealkylation sites (tertiary alicyclic amines) is 1. The number of hydrogen-bond acceptors (Lipinski definition) is 17. The lowest BCUT2D eigenvalue weighted by atomic mass is 9.87. The number of piperidine rings is 2. The van der Waals surface area contributed by atoms with Gasteiger partial charge in [0.1, 0.15) is 45.6 Å². The number of anilines is 1. The first-order valence-corrected chi connectivity index (χ1v) is 29.3. The van der Waals surface area contributed by atoms with Crippen LogP contribution in [0.1, 0.15) is 62.7 Å². The molecular formula is C55H77ClN14O6S3. The summed E-state index contributed by atoms with van der Waals surface area (Å²) in [7, 11) is 0. The van der Waals surface area contributed by atoms with Crippen LogP contribution in [0.4, 0.5) is 5.82 Å². The Bertz CT molecular complexity index is 2850. The van der Waals surface area contributed by atoms with Crippen LogP contribution in [-0.4, -0.2) is 220 Å². The van der Waals surface area contributed by atoms with Crippen LogP contribution in [0.5, 0.6) is 0 Å². The Kier molecular flexibility index (Phi) is 25.2. The standard InChI is InChI=1S/C34H50N8O5S2.C19H19ClN6O.C2H6.H2S/c1-3-38-15-17-42(18-16-38)31(44)23-40-9-6-27(7-10-40)22-41-13-11-39(12-14-41)19-20-47-24-30(43)35-8-4-5-28-21-29-33(48-25-32(45)46)36-26(2)37-34(29)49-28;20-14-3-1-13(2-4-14)11-23-18(27)19(21)6-9-26(10-7-19)17-15-5-8-22-16(15)24-12-25-17;1-2;/h21,27H,3,6-20,22-25H2,1-2H3,(H,35,43)(H,45,46);1-5,8,11-12H,6-7,9-10,21H2,(H,22,24,25);1-2H3;1H2. The van der Waals surface area contributed by atoms with E-state index in [0.717, 1.165) is 135 Å². The second kappa shape index (κ2) is 31.7. The minimum absolute atomic E-state index is 0. The van der Waals surface area contributed by atoms with Crippen molar-refractivity contribution in [3.63, 3.8) is 0 Å². The topological polar surface area (TPSA) is 235 Å². The molecule has 20 nitrogen and oxygen atoms in total. The number of likely N-dealkylation sites (N-methyl/N-ethyl adjacent to an activating group) is 1. The molecule has 9 rings (SSSR count). The molecule has 0 aliphatic carbocycles. The Labute approximate surface area is 484 Å². The first-order chi connectivity index (χ1) is 37.8. The average molecular weight is 1160 g/mol. The van der Waals surface area contributed by atoms with E-state index in [4.69, 9.17) is 27.2 Å². The third kappa shape index (κ3) is 18.9. The van der Waals surface area contributed by atoms with Crippen LogP contribution in [0.15, 0.2) is 58.9 Å². The molecule has 0 bridgehead atoms. The number of nitrogens with two attached hydrogens (primary N) is 1. The average Bonchev–Trinajstić information content (AvgIpc) is 4.14. The fourth-order valence-corrected chi connectivity index (χ4v) is 11.6. The summed E-state index contributed by atoms with van der Waals surface area (Å²) < 4.78 is 5.65. The molecule has 4 aromatic heterocycles. The number of thioether (sulfide) groups is 1. The molecule has 3 amide bonds. The maximum absolute atomic E-state index is 12.8. The number of H-pyrrole nitrogens is 1. The highest BCUT2D eigenvalue weighted by Gasteiger charge is 2.38. The number of fused-ring (bicyclic) bond motifs is 2. The highest BCUT2D eigenvalue weighted by molar-refractivity contribution is 8.00. The quantitative estimate of drug-likeness (QED) is 0.0320. The van der Waals surface area contributed by atoms with Gasteiger partial charge in [-0.25, -0.2) is 24.9 Å². The van der Waals surface area contributed by atoms with Gasteiger partial charge >= 0.3 is 5.97 Å². The largest absolute Gasteiger partial charge is 0.481 e. The van der Waals surface area contributed by atoms with Crippen molar-refractivity contribution >= 4 is 105 Å². The Balaban J connectivity index is 0.000000283. The predicted molar refractivity (Wildman–Crippen MR) is 320 cm³/mol. The number of benzene rings is 1. The molecule has 0 atom stereocenters. The SMILES string of the molecule is CC.CCN1CCN(C(=O)CN2CCC(CN3CCN(CCOCC(=O)NCC#Cc4cc5c(SCC(=O)O)nc(C)nc5s4)CC3)CC2)CC1.NC1(C(=O)N=Cc2ccc(Cl)cc2)CCN(c2ncnc3[nH]ccc23)CC1.S. The van der Waals surface area contributed by atoms with Crippen molar-refractivity contribution in [2.45, 2.75) is 63.9 Å². The van der Waals surface area contributed by atoms with E-state index >= 15 is 0 Å². The molecule has 24 heteroatoms. The second-order valence-electron chi connectivity index (χ2n) is 19.6. The normalized spacial score (nSPS) is 17.5. The van der Waals surface area contributed by atoms with Gasteiger partial charge < -0.3 is 45.5 Å². The zero-order chi connectivity index (χ0) is 55.4. The van der Waals surface area contributed by atoms with Gasteiger partial charge in [0.25, 0.3) is 5.91 Å². The van der Waals surface area contributed by atoms with E-state index in [1.165, 1.54) is 29.3 Å². The van der Waals surface area contributed by atoms with Crippen molar-refractivity contribution in [2.24, 2.45) is 16.6 Å². The molecule has 428 valence electrons. The van der Waals surface area contributed by atoms with Crippen molar-refractivity contribution in [3.05, 3.63) is 70.2 Å². The van der Waals surface area contributed by atoms with Crippen LogP contribution in [0, 0.1) is 24.7 Å². The lowest BCUT2D eigenvalue weighted by Gasteiger charge is -2.39. The van der Waals surface area contributed by atoms with Gasteiger partial charge in [0, 0.05) is 101 Å². The summed E-state index contributed by atoms with van der Waals surface area (Å²) in [6.07, 6.45) is 8.27. The highest BCUT2D eigenvalue weighted by atomic mass is 35.5. The minimum Gasteiger partial charge on any atom is -0.481 e. The van der Waals surface area contributed by atoms with Gasteiger partial charge in [-0.15, -0.1) is 11.3 Å². The Morgan fingerprint density at radius 2 is 1.63 bits per heavy atom. The summed E-state index contributed by atoms with van der Waals surface area (Å²) in [6.45, 7) is 23.4. The zero-order valence-electron chi connectivity index (χ0n) is 45.9.